The van der Waals surface area contributed by atoms with E-state index in [0.29, 0.717) is 0 Å². The summed E-state index contributed by atoms with van der Waals surface area (Å²) >= 11 is 1.64. The Morgan fingerprint density at radius 1 is 1.19 bits per heavy atom. The Morgan fingerprint density at radius 3 is 2.86 bits per heavy atom. The summed E-state index contributed by atoms with van der Waals surface area (Å²) in [4.78, 5) is 0. The number of fused-ring (bicyclic) bond motifs is 1. The lowest BCUT2D eigenvalue weighted by atomic mass is 10.0. The molecule has 1 atom stereocenters. The minimum absolute atomic E-state index is 0.00772. The topological polar surface area (TPSA) is 56.2 Å². The average molecular weight is 298 g/mol. The third-order valence-corrected chi connectivity index (χ3v) is 4.56. The normalized spacial score (nSPS) is 12.7. The van der Waals surface area contributed by atoms with E-state index in [1.807, 2.05) is 28.8 Å². The van der Waals surface area contributed by atoms with Gasteiger partial charge in [-0.3, -0.25) is 4.40 Å². The van der Waals surface area contributed by atoms with Crippen molar-refractivity contribution in [2.75, 3.05) is 5.75 Å². The maximum absolute atomic E-state index is 6.33. The van der Waals surface area contributed by atoms with Crippen molar-refractivity contribution < 1.29 is 0 Å². The van der Waals surface area contributed by atoms with Crippen LogP contribution in [0, 0.1) is 13.8 Å². The summed E-state index contributed by atoms with van der Waals surface area (Å²) in [7, 11) is 0. The highest BCUT2D eigenvalue weighted by Gasteiger charge is 2.12. The Kier molecular flexibility index (Phi) is 3.94. The molecule has 3 aromatic rings. The van der Waals surface area contributed by atoms with E-state index in [1.165, 1.54) is 16.7 Å². The van der Waals surface area contributed by atoms with Crippen molar-refractivity contribution in [1.29, 1.82) is 0 Å². The number of aromatic nitrogens is 3. The second-order valence-corrected chi connectivity index (χ2v) is 6.18. The molecule has 108 valence electrons. The number of rotatable bonds is 4. The molecule has 1 unspecified atom stereocenters. The van der Waals surface area contributed by atoms with Gasteiger partial charge in [-0.2, -0.15) is 0 Å². The highest BCUT2D eigenvalue weighted by molar-refractivity contribution is 7.99. The molecular formula is C16H18N4S. The zero-order valence-corrected chi connectivity index (χ0v) is 13.0. The minimum atomic E-state index is -0.00772. The van der Waals surface area contributed by atoms with Crippen LogP contribution < -0.4 is 5.73 Å². The minimum Gasteiger partial charge on any atom is -0.323 e. The molecule has 0 aliphatic carbocycles. The van der Waals surface area contributed by atoms with Gasteiger partial charge in [-0.05, 0) is 37.1 Å². The Labute approximate surface area is 128 Å². The van der Waals surface area contributed by atoms with Crippen molar-refractivity contribution >= 4 is 17.4 Å². The van der Waals surface area contributed by atoms with E-state index in [2.05, 4.69) is 42.2 Å². The van der Waals surface area contributed by atoms with Gasteiger partial charge in [-0.1, -0.05) is 41.6 Å². The standard InChI is InChI=1S/C16H18N4S/c1-11-6-7-13(12(2)9-11)14(17)10-21-16-19-18-15-5-3-4-8-20(15)16/h3-9,14H,10,17H2,1-2H3. The zero-order valence-electron chi connectivity index (χ0n) is 12.2. The van der Waals surface area contributed by atoms with Gasteiger partial charge in [0.1, 0.15) is 0 Å². The molecule has 4 nitrogen and oxygen atoms in total. The highest BCUT2D eigenvalue weighted by atomic mass is 32.2. The molecule has 0 bridgehead atoms. The molecule has 21 heavy (non-hydrogen) atoms. The summed E-state index contributed by atoms with van der Waals surface area (Å²) in [6.45, 7) is 4.21. The van der Waals surface area contributed by atoms with Crippen molar-refractivity contribution in [2.45, 2.75) is 25.0 Å². The van der Waals surface area contributed by atoms with Crippen molar-refractivity contribution in [3.8, 4) is 0 Å². The van der Waals surface area contributed by atoms with Gasteiger partial charge >= 0.3 is 0 Å². The maximum atomic E-state index is 6.33. The maximum Gasteiger partial charge on any atom is 0.195 e. The van der Waals surface area contributed by atoms with Crippen molar-refractivity contribution in [3.63, 3.8) is 0 Å². The Bertz CT molecular complexity index is 766. The summed E-state index contributed by atoms with van der Waals surface area (Å²) in [6, 6.07) is 12.3. The number of benzene rings is 1. The van der Waals surface area contributed by atoms with Crippen LogP contribution in [0.5, 0.6) is 0 Å². The zero-order chi connectivity index (χ0) is 14.8. The fourth-order valence-corrected chi connectivity index (χ4v) is 3.31. The van der Waals surface area contributed by atoms with Crippen LogP contribution in [-0.4, -0.2) is 20.4 Å². The molecule has 2 heterocycles. The molecule has 2 aromatic heterocycles. The van der Waals surface area contributed by atoms with Crippen LogP contribution >= 0.6 is 11.8 Å². The van der Waals surface area contributed by atoms with Crippen LogP contribution in [0.4, 0.5) is 0 Å². The van der Waals surface area contributed by atoms with E-state index in [1.54, 1.807) is 11.8 Å². The summed E-state index contributed by atoms with van der Waals surface area (Å²) < 4.78 is 1.99. The molecule has 1 aromatic carbocycles. The third-order valence-electron chi connectivity index (χ3n) is 3.50. The summed E-state index contributed by atoms with van der Waals surface area (Å²) in [6.07, 6.45) is 1.97. The lowest BCUT2D eigenvalue weighted by Gasteiger charge is -2.14. The smallest absolute Gasteiger partial charge is 0.195 e. The highest BCUT2D eigenvalue weighted by Crippen LogP contribution is 2.24. The quantitative estimate of drug-likeness (QED) is 0.752. The molecule has 5 heteroatoms. The predicted octanol–water partition coefficient (Wildman–Crippen LogP) is 3.14. The number of pyridine rings is 1. The van der Waals surface area contributed by atoms with Crippen LogP contribution in [-0.2, 0) is 0 Å². The van der Waals surface area contributed by atoms with Crippen LogP contribution in [0.3, 0.4) is 0 Å². The lowest BCUT2D eigenvalue weighted by molar-refractivity contribution is 0.815. The van der Waals surface area contributed by atoms with Gasteiger partial charge in [0, 0.05) is 18.0 Å². The van der Waals surface area contributed by atoms with E-state index < -0.39 is 0 Å². The number of nitrogens with two attached hydrogens (primary N) is 1. The van der Waals surface area contributed by atoms with E-state index in [-0.39, 0.29) is 6.04 Å². The monoisotopic (exact) mass is 298 g/mol. The van der Waals surface area contributed by atoms with Gasteiger partial charge in [0.15, 0.2) is 10.8 Å². The van der Waals surface area contributed by atoms with E-state index >= 15 is 0 Å². The van der Waals surface area contributed by atoms with Gasteiger partial charge < -0.3 is 5.73 Å². The molecule has 0 radical (unpaired) electrons. The summed E-state index contributed by atoms with van der Waals surface area (Å²) in [5.74, 6) is 0.777. The molecule has 0 saturated heterocycles. The summed E-state index contributed by atoms with van der Waals surface area (Å²) in [5, 5.41) is 9.25. The second-order valence-electron chi connectivity index (χ2n) is 5.19. The Morgan fingerprint density at radius 2 is 2.05 bits per heavy atom. The molecule has 0 aliphatic rings. The largest absolute Gasteiger partial charge is 0.323 e. The number of thioether (sulfide) groups is 1. The molecule has 0 fully saturated rings. The third kappa shape index (κ3) is 2.94. The van der Waals surface area contributed by atoms with Gasteiger partial charge in [0.2, 0.25) is 0 Å². The van der Waals surface area contributed by atoms with E-state index in [0.717, 1.165) is 16.6 Å². The molecule has 0 aliphatic heterocycles. The van der Waals surface area contributed by atoms with Crippen LogP contribution in [0.2, 0.25) is 0 Å². The first-order valence-corrected chi connectivity index (χ1v) is 7.89. The molecule has 0 saturated carbocycles. The fourth-order valence-electron chi connectivity index (χ4n) is 2.41. The lowest BCUT2D eigenvalue weighted by Crippen LogP contribution is -2.14. The van der Waals surface area contributed by atoms with E-state index in [4.69, 9.17) is 5.73 Å². The van der Waals surface area contributed by atoms with Crippen molar-refractivity contribution in [3.05, 3.63) is 59.3 Å². The van der Waals surface area contributed by atoms with Gasteiger partial charge in [-0.25, -0.2) is 0 Å². The fraction of sp³-hybridized carbons (Fsp3) is 0.250. The van der Waals surface area contributed by atoms with Crippen LogP contribution in [0.15, 0.2) is 47.8 Å². The second kappa shape index (κ2) is 5.87. The SMILES string of the molecule is Cc1ccc(C(N)CSc2nnc3ccccn23)c(C)c1. The van der Waals surface area contributed by atoms with Gasteiger partial charge in [0.25, 0.3) is 0 Å². The summed E-state index contributed by atoms with van der Waals surface area (Å²) in [5.41, 5.74) is 10.9. The van der Waals surface area contributed by atoms with Crippen LogP contribution in [0.25, 0.3) is 5.65 Å². The van der Waals surface area contributed by atoms with Crippen LogP contribution in [0.1, 0.15) is 22.7 Å². The first-order valence-electron chi connectivity index (χ1n) is 6.90. The number of aryl methyl sites for hydroxylation is 2. The first kappa shape index (κ1) is 14.1. The van der Waals surface area contributed by atoms with Crippen molar-refractivity contribution in [2.24, 2.45) is 5.73 Å². The Hall–Kier alpha value is -1.85. The molecule has 0 amide bonds. The molecule has 0 spiro atoms. The number of hydrogen-bond donors (Lipinski definition) is 1. The first-order chi connectivity index (χ1) is 10.1. The molecule has 3 rings (SSSR count). The van der Waals surface area contributed by atoms with Crippen molar-refractivity contribution in [1.82, 2.24) is 14.6 Å². The Balaban J connectivity index is 1.75. The van der Waals surface area contributed by atoms with Gasteiger partial charge in [-0.15, -0.1) is 10.2 Å². The van der Waals surface area contributed by atoms with Gasteiger partial charge in [0.05, 0.1) is 0 Å². The predicted molar refractivity (Wildman–Crippen MR) is 86.6 cm³/mol. The van der Waals surface area contributed by atoms with E-state index in [9.17, 15) is 0 Å². The molecular weight excluding hydrogens is 280 g/mol. The molecule has 2 N–H and O–H groups in total. The average Bonchev–Trinajstić information content (AvgIpc) is 2.88. The number of nitrogens with zero attached hydrogens (tertiary/aromatic N) is 3. The number of hydrogen-bond acceptors (Lipinski definition) is 4.